The molecule has 0 N–H and O–H groups in total. The maximum absolute atomic E-state index is 14.5. The van der Waals surface area contributed by atoms with Crippen molar-refractivity contribution in [1.82, 2.24) is 0 Å². The van der Waals surface area contributed by atoms with Crippen LogP contribution in [0, 0.1) is 0 Å². The topological polar surface area (TPSA) is 88.1 Å². The Hall–Kier alpha value is -1.70. The van der Waals surface area contributed by atoms with Crippen LogP contribution in [-0.2, 0) is 33.3 Å². The molecular formula is C13H19FO7. The third-order valence-electron chi connectivity index (χ3n) is 2.90. The quantitative estimate of drug-likeness (QED) is 0.553. The number of halogens is 1. The molecule has 0 bridgehead atoms. The zero-order valence-electron chi connectivity index (χ0n) is 12.3. The molecule has 0 aromatic rings. The Bertz CT molecular complexity index is 409. The molecule has 0 aromatic heterocycles. The minimum atomic E-state index is -1.78. The van der Waals surface area contributed by atoms with Crippen molar-refractivity contribution < 1.29 is 37.7 Å². The number of esters is 3. The monoisotopic (exact) mass is 306 g/mol. The number of carbonyl (C=O) groups excluding carboxylic acids is 3. The lowest BCUT2D eigenvalue weighted by atomic mass is 9.96. The fourth-order valence-electron chi connectivity index (χ4n) is 2.10. The molecule has 0 aliphatic carbocycles. The fraction of sp³-hybridized carbons (Fsp3) is 0.769. The van der Waals surface area contributed by atoms with Gasteiger partial charge in [-0.05, 0) is 6.92 Å². The van der Waals surface area contributed by atoms with E-state index in [1.807, 2.05) is 0 Å². The van der Waals surface area contributed by atoms with Crippen molar-refractivity contribution in [2.24, 2.45) is 0 Å². The SMILES string of the molecule is CC(=O)OC[C@H]1OC(C)[C@H](OC(C)=O)[C@@H](F)[C@@H]1OC(C)=O. The van der Waals surface area contributed by atoms with Gasteiger partial charge < -0.3 is 18.9 Å². The zero-order chi connectivity index (χ0) is 16.2. The number of hydrogen-bond donors (Lipinski definition) is 0. The van der Waals surface area contributed by atoms with Crippen LogP contribution in [0.3, 0.4) is 0 Å². The largest absolute Gasteiger partial charge is 0.463 e. The molecule has 0 amide bonds. The van der Waals surface area contributed by atoms with Crippen molar-refractivity contribution in [3.63, 3.8) is 0 Å². The lowest BCUT2D eigenvalue weighted by Crippen LogP contribution is -2.58. The predicted octanol–water partition coefficient (Wildman–Crippen LogP) is 0.538. The van der Waals surface area contributed by atoms with E-state index < -0.39 is 48.5 Å². The molecule has 8 heteroatoms. The van der Waals surface area contributed by atoms with Gasteiger partial charge in [-0.1, -0.05) is 0 Å². The second-order valence-electron chi connectivity index (χ2n) is 4.77. The highest BCUT2D eigenvalue weighted by Gasteiger charge is 2.48. The van der Waals surface area contributed by atoms with Crippen molar-refractivity contribution in [1.29, 1.82) is 0 Å². The first-order valence-corrected chi connectivity index (χ1v) is 6.49. The molecule has 5 atom stereocenters. The lowest BCUT2D eigenvalue weighted by molar-refractivity contribution is -0.230. The van der Waals surface area contributed by atoms with Gasteiger partial charge in [-0.25, -0.2) is 4.39 Å². The Morgan fingerprint density at radius 2 is 1.52 bits per heavy atom. The normalized spacial score (nSPS) is 32.1. The van der Waals surface area contributed by atoms with Gasteiger partial charge in [0.15, 0.2) is 18.4 Å². The molecule has 0 aromatic carbocycles. The van der Waals surface area contributed by atoms with E-state index in [-0.39, 0.29) is 6.61 Å². The average molecular weight is 306 g/mol. The van der Waals surface area contributed by atoms with Crippen LogP contribution < -0.4 is 0 Å². The fourth-order valence-corrected chi connectivity index (χ4v) is 2.10. The first-order chi connectivity index (χ1) is 9.72. The lowest BCUT2D eigenvalue weighted by Gasteiger charge is -2.40. The van der Waals surface area contributed by atoms with E-state index in [4.69, 9.17) is 18.9 Å². The summed E-state index contributed by atoms with van der Waals surface area (Å²) < 4.78 is 34.5. The Kier molecular flexibility index (Phi) is 6.07. The van der Waals surface area contributed by atoms with Gasteiger partial charge in [-0.2, -0.15) is 0 Å². The van der Waals surface area contributed by atoms with Crippen molar-refractivity contribution in [2.75, 3.05) is 6.61 Å². The molecule has 0 spiro atoms. The highest BCUT2D eigenvalue weighted by Crippen LogP contribution is 2.28. The van der Waals surface area contributed by atoms with Gasteiger partial charge in [-0.15, -0.1) is 0 Å². The van der Waals surface area contributed by atoms with Crippen molar-refractivity contribution in [3.05, 3.63) is 0 Å². The van der Waals surface area contributed by atoms with E-state index in [0.717, 1.165) is 13.8 Å². The summed E-state index contributed by atoms with van der Waals surface area (Å²) >= 11 is 0. The maximum atomic E-state index is 14.5. The van der Waals surface area contributed by atoms with Gasteiger partial charge in [0, 0.05) is 20.8 Å². The Morgan fingerprint density at radius 1 is 1.00 bits per heavy atom. The summed E-state index contributed by atoms with van der Waals surface area (Å²) in [5, 5.41) is 0. The molecular weight excluding hydrogens is 287 g/mol. The van der Waals surface area contributed by atoms with Crippen LogP contribution >= 0.6 is 0 Å². The van der Waals surface area contributed by atoms with Crippen LogP contribution in [0.15, 0.2) is 0 Å². The third kappa shape index (κ3) is 4.96. The minimum absolute atomic E-state index is 0.259. The Morgan fingerprint density at radius 3 is 2.00 bits per heavy atom. The second kappa shape index (κ2) is 7.35. The second-order valence-corrected chi connectivity index (χ2v) is 4.77. The molecule has 1 unspecified atom stereocenters. The van der Waals surface area contributed by atoms with Gasteiger partial charge in [0.25, 0.3) is 0 Å². The van der Waals surface area contributed by atoms with Crippen LogP contribution in [0.1, 0.15) is 27.7 Å². The molecule has 1 heterocycles. The number of rotatable bonds is 4. The van der Waals surface area contributed by atoms with E-state index in [1.165, 1.54) is 13.8 Å². The zero-order valence-corrected chi connectivity index (χ0v) is 12.3. The smallest absolute Gasteiger partial charge is 0.303 e. The van der Waals surface area contributed by atoms with Gasteiger partial charge in [0.2, 0.25) is 0 Å². The van der Waals surface area contributed by atoms with Gasteiger partial charge in [0.1, 0.15) is 12.7 Å². The first-order valence-electron chi connectivity index (χ1n) is 6.49. The summed E-state index contributed by atoms with van der Waals surface area (Å²) in [6.45, 7) is 4.72. The molecule has 1 rings (SSSR count). The van der Waals surface area contributed by atoms with Gasteiger partial charge >= 0.3 is 17.9 Å². The molecule has 120 valence electrons. The Balaban J connectivity index is 2.86. The molecule has 7 nitrogen and oxygen atoms in total. The molecule has 0 saturated carbocycles. The van der Waals surface area contributed by atoms with E-state index >= 15 is 0 Å². The Labute approximate surface area is 121 Å². The molecule has 21 heavy (non-hydrogen) atoms. The van der Waals surface area contributed by atoms with Crippen LogP contribution in [0.25, 0.3) is 0 Å². The van der Waals surface area contributed by atoms with Crippen LogP contribution in [-0.4, -0.2) is 55.1 Å². The number of ether oxygens (including phenoxy) is 4. The number of carbonyl (C=O) groups is 3. The summed E-state index contributed by atoms with van der Waals surface area (Å²) in [4.78, 5) is 32.9. The minimum Gasteiger partial charge on any atom is -0.463 e. The van der Waals surface area contributed by atoms with Gasteiger partial charge in [0.05, 0.1) is 6.10 Å². The molecule has 0 radical (unpaired) electrons. The van der Waals surface area contributed by atoms with Gasteiger partial charge in [-0.3, -0.25) is 14.4 Å². The summed E-state index contributed by atoms with van der Waals surface area (Å²) in [5.74, 6) is -1.95. The molecule has 1 aliphatic rings. The van der Waals surface area contributed by atoms with Crippen molar-refractivity contribution in [2.45, 2.75) is 58.3 Å². The number of alkyl halides is 1. The average Bonchev–Trinajstić information content (AvgIpc) is 2.35. The maximum Gasteiger partial charge on any atom is 0.303 e. The van der Waals surface area contributed by atoms with Crippen LogP contribution in [0.4, 0.5) is 4.39 Å². The molecule has 1 aliphatic heterocycles. The third-order valence-corrected chi connectivity index (χ3v) is 2.90. The van der Waals surface area contributed by atoms with Crippen LogP contribution in [0.2, 0.25) is 0 Å². The summed E-state index contributed by atoms with van der Waals surface area (Å²) in [7, 11) is 0. The highest BCUT2D eigenvalue weighted by molar-refractivity contribution is 5.67. The summed E-state index contributed by atoms with van der Waals surface area (Å²) in [6, 6.07) is 0. The van der Waals surface area contributed by atoms with E-state index in [2.05, 4.69) is 0 Å². The molecule has 1 fully saturated rings. The van der Waals surface area contributed by atoms with Crippen molar-refractivity contribution >= 4 is 17.9 Å². The first kappa shape index (κ1) is 17.4. The van der Waals surface area contributed by atoms with E-state index in [0.29, 0.717) is 0 Å². The predicted molar refractivity (Wildman–Crippen MR) is 67.0 cm³/mol. The summed E-state index contributed by atoms with van der Waals surface area (Å²) in [6.07, 6.45) is -6.02. The van der Waals surface area contributed by atoms with Crippen LogP contribution in [0.5, 0.6) is 0 Å². The standard InChI is InChI=1S/C13H19FO7/c1-6-12(20-8(3)16)11(14)13(21-9(4)17)10(19-6)5-18-7(2)15/h6,10-13H,5H2,1-4H3/t6?,10-,11-,12+,13-/m1/s1. The van der Waals surface area contributed by atoms with E-state index in [1.54, 1.807) is 0 Å². The van der Waals surface area contributed by atoms with E-state index in [9.17, 15) is 18.8 Å². The number of hydrogen-bond acceptors (Lipinski definition) is 7. The molecule has 1 saturated heterocycles. The van der Waals surface area contributed by atoms with Crippen molar-refractivity contribution in [3.8, 4) is 0 Å². The highest BCUT2D eigenvalue weighted by atomic mass is 19.1. The summed E-state index contributed by atoms with van der Waals surface area (Å²) in [5.41, 5.74) is 0.